The Hall–Kier alpha value is -3.94. The van der Waals surface area contributed by atoms with Gasteiger partial charge in [-0.1, -0.05) is 42.5 Å². The van der Waals surface area contributed by atoms with Gasteiger partial charge in [-0.2, -0.15) is 13.2 Å². The lowest BCUT2D eigenvalue weighted by Gasteiger charge is -2.11. The molecule has 0 spiro atoms. The fourth-order valence-electron chi connectivity index (χ4n) is 3.12. The molecule has 0 fully saturated rings. The fourth-order valence-corrected chi connectivity index (χ4v) is 3.12. The number of halogens is 3. The van der Waals surface area contributed by atoms with Gasteiger partial charge in [0, 0.05) is 22.8 Å². The summed E-state index contributed by atoms with van der Waals surface area (Å²) in [6.07, 6.45) is -4.62. The molecule has 0 unspecified atom stereocenters. The summed E-state index contributed by atoms with van der Waals surface area (Å²) in [6.45, 7) is 0.325. The number of hydrogen-bond acceptors (Lipinski definition) is 4. The van der Waals surface area contributed by atoms with Gasteiger partial charge in [-0.3, -0.25) is 9.59 Å². The lowest BCUT2D eigenvalue weighted by atomic mass is 9.97. The van der Waals surface area contributed by atoms with Crippen molar-refractivity contribution in [3.05, 3.63) is 83.4 Å². The van der Waals surface area contributed by atoms with E-state index >= 15 is 0 Å². The molecule has 0 aliphatic carbocycles. The molecule has 30 heavy (non-hydrogen) atoms. The summed E-state index contributed by atoms with van der Waals surface area (Å²) < 4.78 is 44.4. The second-order valence-corrected chi connectivity index (χ2v) is 6.43. The lowest BCUT2D eigenvalue weighted by Crippen LogP contribution is -2.13. The number of hydrogen-bond donors (Lipinski definition) is 1. The SMILES string of the molecule is O=COc1ccc2nc(-c3ccc(C(=O)c4ccccc4C(F)(F)F)cc3)[nH]c2c1. The van der Waals surface area contributed by atoms with Crippen molar-refractivity contribution in [1.29, 1.82) is 0 Å². The van der Waals surface area contributed by atoms with Crippen LogP contribution >= 0.6 is 0 Å². The maximum Gasteiger partial charge on any atom is 0.417 e. The van der Waals surface area contributed by atoms with Crippen molar-refractivity contribution in [2.45, 2.75) is 6.18 Å². The quantitative estimate of drug-likeness (QED) is 0.371. The molecule has 0 amide bonds. The molecule has 0 aliphatic rings. The number of rotatable bonds is 5. The van der Waals surface area contributed by atoms with Crippen LogP contribution in [0.15, 0.2) is 66.7 Å². The third kappa shape index (κ3) is 3.67. The van der Waals surface area contributed by atoms with Crippen molar-refractivity contribution in [3.63, 3.8) is 0 Å². The molecule has 1 aromatic heterocycles. The molecule has 5 nitrogen and oxygen atoms in total. The minimum absolute atomic E-state index is 0.133. The van der Waals surface area contributed by atoms with Gasteiger partial charge in [0.1, 0.15) is 11.6 Å². The van der Waals surface area contributed by atoms with Gasteiger partial charge in [-0.15, -0.1) is 0 Å². The number of ether oxygens (including phenoxy) is 1. The third-order valence-electron chi connectivity index (χ3n) is 4.54. The van der Waals surface area contributed by atoms with Crippen LogP contribution in [0, 0.1) is 0 Å². The van der Waals surface area contributed by atoms with Crippen LogP contribution in [0.3, 0.4) is 0 Å². The average Bonchev–Trinajstić information content (AvgIpc) is 3.16. The highest BCUT2D eigenvalue weighted by Gasteiger charge is 2.34. The van der Waals surface area contributed by atoms with Gasteiger partial charge in [0.05, 0.1) is 16.6 Å². The summed E-state index contributed by atoms with van der Waals surface area (Å²) in [4.78, 5) is 30.6. The van der Waals surface area contributed by atoms with Crippen LogP contribution in [0.4, 0.5) is 13.2 Å². The number of fused-ring (bicyclic) bond motifs is 1. The van der Waals surface area contributed by atoms with Crippen molar-refractivity contribution in [3.8, 4) is 17.1 Å². The normalized spacial score (nSPS) is 11.4. The van der Waals surface area contributed by atoms with Crippen LogP contribution in [0.1, 0.15) is 21.5 Å². The minimum atomic E-state index is -4.62. The van der Waals surface area contributed by atoms with Gasteiger partial charge in [0.15, 0.2) is 5.78 Å². The first kappa shape index (κ1) is 19.4. The highest BCUT2D eigenvalue weighted by atomic mass is 19.4. The van der Waals surface area contributed by atoms with E-state index in [1.165, 1.54) is 24.3 Å². The van der Waals surface area contributed by atoms with E-state index in [0.717, 1.165) is 12.1 Å². The topological polar surface area (TPSA) is 72.0 Å². The van der Waals surface area contributed by atoms with Crippen LogP contribution < -0.4 is 4.74 Å². The molecule has 150 valence electrons. The minimum Gasteiger partial charge on any atom is -0.429 e. The van der Waals surface area contributed by atoms with E-state index in [1.54, 1.807) is 30.3 Å². The molecule has 0 saturated carbocycles. The van der Waals surface area contributed by atoms with Crippen LogP contribution in [-0.2, 0) is 11.0 Å². The molecule has 3 aromatic carbocycles. The Balaban J connectivity index is 1.64. The first-order valence-electron chi connectivity index (χ1n) is 8.78. The molecule has 0 bridgehead atoms. The first-order valence-corrected chi connectivity index (χ1v) is 8.78. The number of aromatic amines is 1. The van der Waals surface area contributed by atoms with Gasteiger partial charge in [-0.05, 0) is 18.2 Å². The van der Waals surface area contributed by atoms with E-state index < -0.39 is 23.1 Å². The Morgan fingerprint density at radius 2 is 1.73 bits per heavy atom. The van der Waals surface area contributed by atoms with Gasteiger partial charge >= 0.3 is 6.18 Å². The highest BCUT2D eigenvalue weighted by molar-refractivity contribution is 6.10. The zero-order valence-corrected chi connectivity index (χ0v) is 15.2. The fraction of sp³-hybridized carbons (Fsp3) is 0.0455. The van der Waals surface area contributed by atoms with Gasteiger partial charge in [0.25, 0.3) is 6.47 Å². The Labute approximate surface area is 168 Å². The predicted molar refractivity (Wildman–Crippen MR) is 103 cm³/mol. The lowest BCUT2D eigenvalue weighted by molar-refractivity contribution is -0.137. The van der Waals surface area contributed by atoms with E-state index in [1.807, 2.05) is 0 Å². The molecular weight excluding hydrogens is 397 g/mol. The van der Waals surface area contributed by atoms with Crippen molar-refractivity contribution >= 4 is 23.3 Å². The highest BCUT2D eigenvalue weighted by Crippen LogP contribution is 2.33. The van der Waals surface area contributed by atoms with Crippen LogP contribution in [-0.4, -0.2) is 22.2 Å². The third-order valence-corrected chi connectivity index (χ3v) is 4.54. The van der Waals surface area contributed by atoms with E-state index in [-0.39, 0.29) is 5.56 Å². The standard InChI is InChI=1S/C22H13F3N2O3/c23-22(24,25)17-4-2-1-3-16(17)20(29)13-5-7-14(8-6-13)21-26-18-10-9-15(30-12-28)11-19(18)27-21/h1-12H,(H,26,27). The van der Waals surface area contributed by atoms with Crippen molar-refractivity contribution in [1.82, 2.24) is 9.97 Å². The largest absolute Gasteiger partial charge is 0.429 e. The Kier molecular flexibility index (Phi) is 4.83. The predicted octanol–water partition coefficient (Wildman–Crippen LogP) is 5.01. The summed E-state index contributed by atoms with van der Waals surface area (Å²) in [7, 11) is 0. The summed E-state index contributed by atoms with van der Waals surface area (Å²) in [5, 5.41) is 0. The summed E-state index contributed by atoms with van der Waals surface area (Å²) in [5.41, 5.74) is 0.693. The first-order chi connectivity index (χ1) is 14.4. The van der Waals surface area contributed by atoms with E-state index in [4.69, 9.17) is 4.74 Å². The summed E-state index contributed by atoms with van der Waals surface area (Å²) in [6, 6.07) is 15.7. The number of carbonyl (C=O) groups excluding carboxylic acids is 2. The van der Waals surface area contributed by atoms with Crippen molar-refractivity contribution < 1.29 is 27.5 Å². The second kappa shape index (κ2) is 7.47. The maximum atomic E-state index is 13.2. The van der Waals surface area contributed by atoms with Gasteiger partial charge in [0.2, 0.25) is 0 Å². The number of benzene rings is 3. The molecule has 0 aliphatic heterocycles. The van der Waals surface area contributed by atoms with E-state index in [9.17, 15) is 22.8 Å². The van der Waals surface area contributed by atoms with Crippen molar-refractivity contribution in [2.75, 3.05) is 0 Å². The van der Waals surface area contributed by atoms with E-state index in [2.05, 4.69) is 9.97 Å². The zero-order chi connectivity index (χ0) is 21.3. The van der Waals surface area contributed by atoms with Crippen LogP contribution in [0.5, 0.6) is 5.75 Å². The molecule has 4 aromatic rings. The molecule has 1 heterocycles. The number of nitrogens with zero attached hydrogens (tertiary/aromatic N) is 1. The van der Waals surface area contributed by atoms with Gasteiger partial charge < -0.3 is 9.72 Å². The molecule has 0 radical (unpaired) electrons. The Morgan fingerprint density at radius 3 is 2.43 bits per heavy atom. The number of alkyl halides is 3. The average molecular weight is 410 g/mol. The number of aromatic nitrogens is 2. The molecule has 8 heteroatoms. The van der Waals surface area contributed by atoms with Crippen LogP contribution in [0.2, 0.25) is 0 Å². The molecule has 4 rings (SSSR count). The zero-order valence-electron chi connectivity index (χ0n) is 15.2. The number of carbonyl (C=O) groups is 2. The molecule has 0 atom stereocenters. The van der Waals surface area contributed by atoms with Crippen molar-refractivity contribution in [2.24, 2.45) is 0 Å². The Bertz CT molecular complexity index is 1240. The maximum absolute atomic E-state index is 13.2. The molecule has 1 N–H and O–H groups in total. The van der Waals surface area contributed by atoms with E-state index in [0.29, 0.717) is 34.6 Å². The monoisotopic (exact) mass is 410 g/mol. The smallest absolute Gasteiger partial charge is 0.417 e. The Morgan fingerprint density at radius 1 is 1.00 bits per heavy atom. The van der Waals surface area contributed by atoms with Crippen LogP contribution in [0.25, 0.3) is 22.4 Å². The number of H-pyrrole nitrogens is 1. The summed E-state index contributed by atoms with van der Waals surface area (Å²) >= 11 is 0. The van der Waals surface area contributed by atoms with Gasteiger partial charge in [-0.25, -0.2) is 4.98 Å². The number of nitrogens with one attached hydrogen (secondary N) is 1. The molecule has 0 saturated heterocycles. The summed E-state index contributed by atoms with van der Waals surface area (Å²) in [5.74, 6) is 0.148. The second-order valence-electron chi connectivity index (χ2n) is 6.43. The molecular formula is C22H13F3N2O3. The number of ketones is 1. The number of imidazole rings is 1.